The van der Waals surface area contributed by atoms with E-state index in [0.717, 1.165) is 11.6 Å². The zero-order chi connectivity index (χ0) is 14.7. The predicted molar refractivity (Wildman–Crippen MR) is 85.8 cm³/mol. The summed E-state index contributed by atoms with van der Waals surface area (Å²) in [5, 5.41) is 2.79. The lowest BCUT2D eigenvalue weighted by Gasteiger charge is -2.15. The van der Waals surface area contributed by atoms with Gasteiger partial charge in [0.2, 0.25) is 0 Å². The average Bonchev–Trinajstić information content (AvgIpc) is 3.04. The van der Waals surface area contributed by atoms with Crippen molar-refractivity contribution < 1.29 is 4.79 Å². The van der Waals surface area contributed by atoms with Gasteiger partial charge in [-0.05, 0) is 17.9 Å². The fraction of sp³-hybridized carbons (Fsp3) is 0.385. The normalized spacial score (nSPS) is 10.6. The first kappa shape index (κ1) is 14.8. The van der Waals surface area contributed by atoms with E-state index in [0.29, 0.717) is 17.2 Å². The highest BCUT2D eigenvalue weighted by Crippen LogP contribution is 2.27. The molecule has 0 aliphatic carbocycles. The van der Waals surface area contributed by atoms with Crippen LogP contribution in [0.1, 0.15) is 14.5 Å². The molecule has 0 radical (unpaired) electrons. The summed E-state index contributed by atoms with van der Waals surface area (Å²) in [4.78, 5) is 21.9. The molecule has 0 saturated heterocycles. The minimum atomic E-state index is -0.0651. The molecule has 0 saturated carbocycles. The Morgan fingerprint density at radius 1 is 1.40 bits per heavy atom. The molecule has 2 N–H and O–H groups in total. The van der Waals surface area contributed by atoms with Crippen molar-refractivity contribution in [3.8, 4) is 0 Å². The zero-order valence-electron chi connectivity index (χ0n) is 11.8. The highest BCUT2D eigenvalue weighted by Gasteiger charge is 2.20. The lowest BCUT2D eigenvalue weighted by atomic mass is 10.3. The van der Waals surface area contributed by atoms with Gasteiger partial charge >= 0.3 is 0 Å². The summed E-state index contributed by atoms with van der Waals surface area (Å²) in [7, 11) is 5.56. The molecule has 108 valence electrons. The van der Waals surface area contributed by atoms with Gasteiger partial charge in [0.1, 0.15) is 10.7 Å². The second-order valence-corrected chi connectivity index (χ2v) is 6.67. The molecule has 2 rings (SSSR count). The number of hydrogen-bond donors (Lipinski definition) is 1. The molecule has 2 aromatic rings. The van der Waals surface area contributed by atoms with Crippen LogP contribution in [0.2, 0.25) is 0 Å². The maximum absolute atomic E-state index is 12.4. The summed E-state index contributed by atoms with van der Waals surface area (Å²) in [6.07, 6.45) is 0.860. The van der Waals surface area contributed by atoms with Gasteiger partial charge in [0.05, 0.1) is 0 Å². The molecule has 7 heteroatoms. The fourth-order valence-corrected chi connectivity index (χ4v) is 3.27. The van der Waals surface area contributed by atoms with Crippen LogP contribution in [0.15, 0.2) is 17.5 Å². The lowest BCUT2D eigenvalue weighted by Crippen LogP contribution is -2.28. The van der Waals surface area contributed by atoms with Crippen LogP contribution in [0.3, 0.4) is 0 Å². The van der Waals surface area contributed by atoms with Gasteiger partial charge in [0.25, 0.3) is 5.91 Å². The zero-order valence-corrected chi connectivity index (χ0v) is 13.4. The van der Waals surface area contributed by atoms with Crippen LogP contribution in [0.4, 0.5) is 10.9 Å². The van der Waals surface area contributed by atoms with E-state index in [9.17, 15) is 4.79 Å². The number of thiazole rings is 1. The Morgan fingerprint density at radius 2 is 2.15 bits per heavy atom. The van der Waals surface area contributed by atoms with E-state index in [-0.39, 0.29) is 5.91 Å². The predicted octanol–water partition coefficient (Wildman–Crippen LogP) is 2.17. The summed E-state index contributed by atoms with van der Waals surface area (Å²) in [5.74, 6) is 0.247. The second-order valence-electron chi connectivity index (χ2n) is 4.66. The molecule has 0 fully saturated rings. The van der Waals surface area contributed by atoms with Gasteiger partial charge in [-0.3, -0.25) is 4.79 Å². The molecule has 0 aliphatic heterocycles. The number of likely N-dealkylation sites (N-methyl/N-ethyl adjacent to an activating group) is 1. The van der Waals surface area contributed by atoms with Crippen molar-refractivity contribution in [2.45, 2.75) is 6.42 Å². The average molecular weight is 310 g/mol. The van der Waals surface area contributed by atoms with Gasteiger partial charge < -0.3 is 15.5 Å². The van der Waals surface area contributed by atoms with E-state index in [1.54, 1.807) is 23.3 Å². The van der Waals surface area contributed by atoms with Gasteiger partial charge in [0, 0.05) is 32.6 Å². The van der Waals surface area contributed by atoms with Crippen molar-refractivity contribution in [3.63, 3.8) is 0 Å². The highest BCUT2D eigenvalue weighted by atomic mass is 32.1. The van der Waals surface area contributed by atoms with Crippen LogP contribution >= 0.6 is 22.7 Å². The molecule has 0 unspecified atom stereocenters. The molecule has 0 aliphatic rings. The van der Waals surface area contributed by atoms with Crippen molar-refractivity contribution in [2.24, 2.45) is 0 Å². The van der Waals surface area contributed by atoms with Crippen LogP contribution in [-0.4, -0.2) is 43.5 Å². The molecule has 0 bridgehead atoms. The number of hydrogen-bond acceptors (Lipinski definition) is 6. The van der Waals surface area contributed by atoms with Gasteiger partial charge in [-0.25, -0.2) is 4.98 Å². The van der Waals surface area contributed by atoms with E-state index in [4.69, 9.17) is 5.73 Å². The molecular weight excluding hydrogens is 292 g/mol. The van der Waals surface area contributed by atoms with Crippen molar-refractivity contribution in [3.05, 3.63) is 27.3 Å². The first-order valence-electron chi connectivity index (χ1n) is 6.20. The third-order valence-electron chi connectivity index (χ3n) is 2.84. The van der Waals surface area contributed by atoms with Crippen LogP contribution in [0.5, 0.6) is 0 Å². The summed E-state index contributed by atoms with van der Waals surface area (Å²) in [5.41, 5.74) is 5.84. The Bertz CT molecular complexity index is 577. The SMILES string of the molecule is CN(CCc1cccs1)C(=O)c1sc(N(C)C)nc1N. The summed E-state index contributed by atoms with van der Waals surface area (Å²) in [6, 6.07) is 4.10. The molecule has 20 heavy (non-hydrogen) atoms. The molecule has 0 spiro atoms. The van der Waals surface area contributed by atoms with Crippen molar-refractivity contribution in [1.29, 1.82) is 0 Å². The third kappa shape index (κ3) is 3.29. The standard InChI is InChI=1S/C13H18N4OS2/c1-16(2)13-15-11(14)10(20-13)12(18)17(3)7-6-9-5-4-8-19-9/h4-5,8H,6-7,14H2,1-3H3. The fourth-order valence-electron chi connectivity index (χ4n) is 1.67. The number of rotatable bonds is 5. The third-order valence-corrected chi connectivity index (χ3v) is 5.00. The topological polar surface area (TPSA) is 62.5 Å². The minimum absolute atomic E-state index is 0.0651. The van der Waals surface area contributed by atoms with Gasteiger partial charge in [-0.15, -0.1) is 11.3 Å². The minimum Gasteiger partial charge on any atom is -0.382 e. The van der Waals surface area contributed by atoms with E-state index >= 15 is 0 Å². The number of nitrogen functional groups attached to an aromatic ring is 1. The number of aromatic nitrogens is 1. The van der Waals surface area contributed by atoms with E-state index < -0.39 is 0 Å². The Hall–Kier alpha value is -1.60. The second kappa shape index (κ2) is 6.23. The molecule has 2 aromatic heterocycles. The van der Waals surface area contributed by atoms with Gasteiger partial charge in [-0.2, -0.15) is 0 Å². The Kier molecular flexibility index (Phi) is 4.61. The monoisotopic (exact) mass is 310 g/mol. The Labute approximate surface area is 126 Å². The number of nitrogens with two attached hydrogens (primary N) is 1. The quantitative estimate of drug-likeness (QED) is 0.919. The first-order valence-corrected chi connectivity index (χ1v) is 7.90. The summed E-state index contributed by atoms with van der Waals surface area (Å²) < 4.78 is 0. The molecule has 2 heterocycles. The Morgan fingerprint density at radius 3 is 2.70 bits per heavy atom. The maximum atomic E-state index is 12.4. The van der Waals surface area contributed by atoms with Crippen LogP contribution in [0, 0.1) is 0 Å². The molecule has 5 nitrogen and oxygen atoms in total. The van der Waals surface area contributed by atoms with Crippen molar-refractivity contribution >= 4 is 39.5 Å². The van der Waals surface area contributed by atoms with Gasteiger partial charge in [0.15, 0.2) is 5.13 Å². The van der Waals surface area contributed by atoms with E-state index in [1.165, 1.54) is 16.2 Å². The molecular formula is C13H18N4OS2. The number of anilines is 2. The summed E-state index contributed by atoms with van der Waals surface area (Å²) in [6.45, 7) is 0.675. The highest BCUT2D eigenvalue weighted by molar-refractivity contribution is 7.18. The summed E-state index contributed by atoms with van der Waals surface area (Å²) >= 11 is 3.03. The Balaban J connectivity index is 2.02. The van der Waals surface area contributed by atoms with Crippen molar-refractivity contribution in [2.75, 3.05) is 38.3 Å². The number of carbonyl (C=O) groups excluding carboxylic acids is 1. The molecule has 0 aromatic carbocycles. The molecule has 0 atom stereocenters. The van der Waals surface area contributed by atoms with Crippen LogP contribution in [-0.2, 0) is 6.42 Å². The molecule has 1 amide bonds. The van der Waals surface area contributed by atoms with Gasteiger partial charge in [-0.1, -0.05) is 17.4 Å². The van der Waals surface area contributed by atoms with E-state index in [2.05, 4.69) is 11.1 Å². The smallest absolute Gasteiger partial charge is 0.267 e. The van der Waals surface area contributed by atoms with Crippen molar-refractivity contribution in [1.82, 2.24) is 9.88 Å². The number of thiophene rings is 1. The number of carbonyl (C=O) groups is 1. The largest absolute Gasteiger partial charge is 0.382 e. The lowest BCUT2D eigenvalue weighted by molar-refractivity contribution is 0.0802. The first-order chi connectivity index (χ1) is 9.49. The van der Waals surface area contributed by atoms with Crippen LogP contribution < -0.4 is 10.6 Å². The number of nitrogens with zero attached hydrogens (tertiary/aromatic N) is 3. The maximum Gasteiger partial charge on any atom is 0.267 e. The van der Waals surface area contributed by atoms with Crippen LogP contribution in [0.25, 0.3) is 0 Å². The van der Waals surface area contributed by atoms with E-state index in [1.807, 2.05) is 30.4 Å². The number of amides is 1.